The maximum Gasteiger partial charge on any atom is 0.303 e. The Morgan fingerprint density at radius 1 is 1.09 bits per heavy atom. The van der Waals surface area contributed by atoms with Crippen LogP contribution in [-0.2, 0) is 4.79 Å². The molecule has 2 aromatic heterocycles. The van der Waals surface area contributed by atoms with Gasteiger partial charge in [-0.05, 0) is 55.9 Å². The summed E-state index contributed by atoms with van der Waals surface area (Å²) in [7, 11) is 0. The van der Waals surface area contributed by atoms with Gasteiger partial charge in [-0.3, -0.25) is 4.79 Å². The van der Waals surface area contributed by atoms with Crippen LogP contribution in [0.15, 0.2) is 54.9 Å². The average Bonchev–Trinajstić information content (AvgIpc) is 3.24. The Morgan fingerprint density at radius 3 is 2.61 bits per heavy atom. The molecule has 0 amide bonds. The minimum absolute atomic E-state index is 0.00994. The van der Waals surface area contributed by atoms with E-state index in [4.69, 9.17) is 9.84 Å². The quantitative estimate of drug-likeness (QED) is 0.420. The van der Waals surface area contributed by atoms with Crippen LogP contribution in [0.1, 0.15) is 32.1 Å². The molecule has 0 spiro atoms. The summed E-state index contributed by atoms with van der Waals surface area (Å²) in [5.74, 6) is -0.0316. The highest BCUT2D eigenvalue weighted by atomic mass is 19.1. The second-order valence-corrected chi connectivity index (χ2v) is 8.40. The lowest BCUT2D eigenvalue weighted by atomic mass is 9.85. The van der Waals surface area contributed by atoms with Crippen molar-refractivity contribution in [1.29, 1.82) is 0 Å². The summed E-state index contributed by atoms with van der Waals surface area (Å²) in [6.07, 6.45) is 6.61. The summed E-state index contributed by atoms with van der Waals surface area (Å²) in [6, 6.07) is 12.5. The number of imidazole rings is 1. The van der Waals surface area contributed by atoms with Gasteiger partial charge in [-0.15, -0.1) is 0 Å². The number of carbonyl (C=O) groups is 1. The molecule has 0 saturated heterocycles. The van der Waals surface area contributed by atoms with Crippen molar-refractivity contribution in [2.24, 2.45) is 5.92 Å². The predicted octanol–water partition coefficient (Wildman–Crippen LogP) is 5.24. The normalized spacial score (nSPS) is 18.3. The zero-order chi connectivity index (χ0) is 22.8. The third-order valence-electron chi connectivity index (χ3n) is 6.08. The molecule has 2 N–H and O–H groups in total. The number of nitrogens with one attached hydrogen (secondary N) is 1. The van der Waals surface area contributed by atoms with E-state index >= 15 is 0 Å². The average molecular weight is 446 g/mol. The molecule has 33 heavy (non-hydrogen) atoms. The first-order valence-corrected chi connectivity index (χ1v) is 11.0. The highest BCUT2D eigenvalue weighted by Gasteiger charge is 2.24. The second-order valence-electron chi connectivity index (χ2n) is 8.40. The maximum absolute atomic E-state index is 14.9. The van der Waals surface area contributed by atoms with Gasteiger partial charge < -0.3 is 14.8 Å². The number of halogens is 1. The first kappa shape index (κ1) is 21.1. The van der Waals surface area contributed by atoms with Crippen LogP contribution in [-0.4, -0.2) is 37.1 Å². The predicted molar refractivity (Wildman–Crippen MR) is 121 cm³/mol. The van der Waals surface area contributed by atoms with Gasteiger partial charge in [0, 0.05) is 12.0 Å². The van der Waals surface area contributed by atoms with Crippen LogP contribution < -0.4 is 4.74 Å². The summed E-state index contributed by atoms with van der Waals surface area (Å²) in [5, 5.41) is 8.93. The fourth-order valence-corrected chi connectivity index (χ4v) is 4.34. The Labute approximate surface area is 189 Å². The Kier molecular flexibility index (Phi) is 5.73. The monoisotopic (exact) mass is 446 g/mol. The molecular formula is C25H23FN4O3. The van der Waals surface area contributed by atoms with E-state index in [1.807, 2.05) is 24.3 Å². The third kappa shape index (κ3) is 4.69. The van der Waals surface area contributed by atoms with Gasteiger partial charge in [0.25, 0.3) is 0 Å². The number of H-pyrrole nitrogens is 1. The SMILES string of the molecule is O=C(O)CC1CCC(Oc2cnc(-c3ccc(-c4nc5ccccc5[nH]4)c(F)c3)cn2)CC1. The smallest absolute Gasteiger partial charge is 0.303 e. The lowest BCUT2D eigenvalue weighted by Crippen LogP contribution is -2.25. The van der Waals surface area contributed by atoms with Crippen LogP contribution >= 0.6 is 0 Å². The first-order chi connectivity index (χ1) is 16.0. The Balaban J connectivity index is 1.25. The summed E-state index contributed by atoms with van der Waals surface area (Å²) < 4.78 is 20.8. The molecule has 0 radical (unpaired) electrons. The second kappa shape index (κ2) is 8.97. The molecule has 1 saturated carbocycles. The number of aromatic amines is 1. The largest absolute Gasteiger partial charge is 0.481 e. The van der Waals surface area contributed by atoms with Crippen LogP contribution in [0.2, 0.25) is 0 Å². The lowest BCUT2D eigenvalue weighted by Gasteiger charge is -2.27. The highest BCUT2D eigenvalue weighted by Crippen LogP contribution is 2.30. The molecule has 0 unspecified atom stereocenters. The Bertz CT molecular complexity index is 1250. The van der Waals surface area contributed by atoms with E-state index in [9.17, 15) is 9.18 Å². The number of benzene rings is 2. The van der Waals surface area contributed by atoms with Crippen molar-refractivity contribution in [3.8, 4) is 28.5 Å². The van der Waals surface area contributed by atoms with Crippen molar-refractivity contribution in [2.45, 2.75) is 38.2 Å². The first-order valence-electron chi connectivity index (χ1n) is 11.0. The van der Waals surface area contributed by atoms with Crippen molar-refractivity contribution in [3.63, 3.8) is 0 Å². The van der Waals surface area contributed by atoms with E-state index in [1.165, 1.54) is 6.07 Å². The molecule has 0 atom stereocenters. The molecular weight excluding hydrogens is 423 g/mol. The standard InChI is InChI=1S/C25H23FN4O3/c26-19-12-16(7-10-18(19)25-29-20-3-1-2-4-21(20)30-25)22-13-28-23(14-27-22)33-17-8-5-15(6-9-17)11-24(31)32/h1-4,7,10,12-15,17H,5-6,8-9,11H2,(H,29,30)(H,31,32). The van der Waals surface area contributed by atoms with E-state index < -0.39 is 11.8 Å². The molecule has 1 aliphatic carbocycles. The van der Waals surface area contributed by atoms with E-state index in [1.54, 1.807) is 24.5 Å². The van der Waals surface area contributed by atoms with Crippen molar-refractivity contribution >= 4 is 17.0 Å². The van der Waals surface area contributed by atoms with Crippen LogP contribution in [0.4, 0.5) is 4.39 Å². The molecule has 7 nitrogen and oxygen atoms in total. The molecule has 5 rings (SSSR count). The molecule has 2 aromatic carbocycles. The minimum atomic E-state index is -0.747. The molecule has 0 aliphatic heterocycles. The molecule has 168 valence electrons. The zero-order valence-electron chi connectivity index (χ0n) is 17.9. The summed E-state index contributed by atoms with van der Waals surface area (Å²) in [6.45, 7) is 0. The van der Waals surface area contributed by atoms with E-state index in [2.05, 4.69) is 19.9 Å². The highest BCUT2D eigenvalue weighted by molar-refractivity contribution is 5.79. The fraction of sp³-hybridized carbons (Fsp3) is 0.280. The van der Waals surface area contributed by atoms with Gasteiger partial charge in [-0.25, -0.2) is 19.3 Å². The third-order valence-corrected chi connectivity index (χ3v) is 6.08. The van der Waals surface area contributed by atoms with Gasteiger partial charge in [0.05, 0.1) is 34.7 Å². The molecule has 8 heteroatoms. The van der Waals surface area contributed by atoms with Gasteiger partial charge in [0.15, 0.2) is 0 Å². The molecule has 4 aromatic rings. The van der Waals surface area contributed by atoms with Crippen LogP contribution in [0.5, 0.6) is 5.88 Å². The number of para-hydroxylation sites is 2. The minimum Gasteiger partial charge on any atom is -0.481 e. The van der Waals surface area contributed by atoms with Crippen molar-refractivity contribution in [3.05, 3.63) is 60.7 Å². The fourth-order valence-electron chi connectivity index (χ4n) is 4.34. The Hall–Kier alpha value is -3.81. The number of hydrogen-bond acceptors (Lipinski definition) is 5. The van der Waals surface area contributed by atoms with E-state index in [0.717, 1.165) is 36.7 Å². The van der Waals surface area contributed by atoms with Gasteiger partial charge >= 0.3 is 5.97 Å². The maximum atomic E-state index is 14.9. The molecule has 1 aliphatic rings. The number of rotatable bonds is 6. The van der Waals surface area contributed by atoms with E-state index in [-0.39, 0.29) is 18.4 Å². The number of carboxylic acid groups (broad SMARTS) is 1. The zero-order valence-corrected chi connectivity index (χ0v) is 17.9. The van der Waals surface area contributed by atoms with Gasteiger partial charge in [-0.1, -0.05) is 18.2 Å². The Morgan fingerprint density at radius 2 is 1.91 bits per heavy atom. The lowest BCUT2D eigenvalue weighted by molar-refractivity contribution is -0.138. The topological polar surface area (TPSA) is 101 Å². The molecule has 2 heterocycles. The number of nitrogens with zero attached hydrogens (tertiary/aromatic N) is 3. The number of ether oxygens (including phenoxy) is 1. The molecule has 0 bridgehead atoms. The van der Waals surface area contributed by atoms with Crippen molar-refractivity contribution < 1.29 is 19.0 Å². The van der Waals surface area contributed by atoms with Crippen molar-refractivity contribution in [2.75, 3.05) is 0 Å². The van der Waals surface area contributed by atoms with E-state index in [0.29, 0.717) is 28.5 Å². The number of fused-ring (bicyclic) bond motifs is 1. The summed E-state index contributed by atoms with van der Waals surface area (Å²) in [4.78, 5) is 27.2. The van der Waals surface area contributed by atoms with Crippen LogP contribution in [0.25, 0.3) is 33.7 Å². The number of aliphatic carboxylic acids is 1. The summed E-state index contributed by atoms with van der Waals surface area (Å²) >= 11 is 0. The van der Waals surface area contributed by atoms with Gasteiger partial charge in [0.1, 0.15) is 17.7 Å². The number of carboxylic acids is 1. The van der Waals surface area contributed by atoms with Crippen LogP contribution in [0, 0.1) is 11.7 Å². The van der Waals surface area contributed by atoms with Crippen LogP contribution in [0.3, 0.4) is 0 Å². The van der Waals surface area contributed by atoms with Gasteiger partial charge in [0.2, 0.25) is 5.88 Å². The van der Waals surface area contributed by atoms with Gasteiger partial charge in [-0.2, -0.15) is 0 Å². The molecule has 1 fully saturated rings. The summed E-state index contributed by atoms with van der Waals surface area (Å²) in [5.41, 5.74) is 3.19. The number of aromatic nitrogens is 4. The number of hydrogen-bond donors (Lipinski definition) is 2. The van der Waals surface area contributed by atoms with Crippen molar-refractivity contribution in [1.82, 2.24) is 19.9 Å².